The molecule has 1 aromatic rings. The molecule has 2 nitrogen and oxygen atoms in total. The van der Waals surface area contributed by atoms with Crippen LogP contribution in [0.15, 0.2) is 24.3 Å². The maximum atomic E-state index is 9.15. The predicted molar refractivity (Wildman–Crippen MR) is 61.6 cm³/mol. The first-order valence-electron chi connectivity index (χ1n) is 5.57. The first kappa shape index (κ1) is 10.7. The zero-order valence-corrected chi connectivity index (χ0v) is 9.24. The van der Waals surface area contributed by atoms with Gasteiger partial charge in [0.25, 0.3) is 0 Å². The van der Waals surface area contributed by atoms with E-state index < -0.39 is 5.54 Å². The number of benzene rings is 1. The fourth-order valence-corrected chi connectivity index (χ4v) is 2.52. The van der Waals surface area contributed by atoms with Crippen LogP contribution < -0.4 is 5.73 Å². The van der Waals surface area contributed by atoms with Crippen LogP contribution in [-0.4, -0.2) is 17.3 Å². The molecule has 0 spiro atoms. The number of rotatable bonds is 3. The van der Waals surface area contributed by atoms with Gasteiger partial charge >= 0.3 is 0 Å². The van der Waals surface area contributed by atoms with E-state index >= 15 is 0 Å². The summed E-state index contributed by atoms with van der Waals surface area (Å²) in [4.78, 5) is 0. The molecule has 1 atom stereocenters. The van der Waals surface area contributed by atoms with Crippen molar-refractivity contribution in [2.45, 2.75) is 31.7 Å². The first-order chi connectivity index (χ1) is 7.11. The minimum absolute atomic E-state index is 0.0693. The maximum Gasteiger partial charge on any atom is 0.0608 e. The Bertz CT molecular complexity index is 321. The molecule has 0 saturated heterocycles. The number of aliphatic hydroxyl groups is 1. The van der Waals surface area contributed by atoms with E-state index in [-0.39, 0.29) is 6.61 Å². The molecule has 1 aliphatic rings. The molecule has 2 heteroatoms. The van der Waals surface area contributed by atoms with E-state index in [0.29, 0.717) is 5.92 Å². The number of fused-ring (bicyclic) bond motifs is 1. The van der Waals surface area contributed by atoms with Crippen molar-refractivity contribution >= 4 is 0 Å². The van der Waals surface area contributed by atoms with Gasteiger partial charge in [0.1, 0.15) is 0 Å². The molecule has 82 valence electrons. The minimum Gasteiger partial charge on any atom is -0.394 e. The average molecular weight is 205 g/mol. The Morgan fingerprint density at radius 2 is 1.87 bits per heavy atom. The lowest BCUT2D eigenvalue weighted by atomic mass is 9.89. The van der Waals surface area contributed by atoms with Gasteiger partial charge in [0.2, 0.25) is 0 Å². The lowest BCUT2D eigenvalue weighted by molar-refractivity contribution is 0.183. The molecular weight excluding hydrogens is 186 g/mol. The molecule has 0 radical (unpaired) electrons. The Labute approximate surface area is 91.1 Å². The molecular formula is C13H19NO. The molecule has 1 unspecified atom stereocenters. The van der Waals surface area contributed by atoms with Crippen molar-refractivity contribution in [1.29, 1.82) is 0 Å². The van der Waals surface area contributed by atoms with E-state index in [1.165, 1.54) is 11.1 Å². The van der Waals surface area contributed by atoms with Crippen molar-refractivity contribution < 1.29 is 5.11 Å². The van der Waals surface area contributed by atoms with E-state index in [9.17, 15) is 0 Å². The molecule has 0 amide bonds. The Kier molecular flexibility index (Phi) is 2.81. The van der Waals surface area contributed by atoms with E-state index in [1.807, 2.05) is 6.92 Å². The van der Waals surface area contributed by atoms with E-state index in [2.05, 4.69) is 24.3 Å². The summed E-state index contributed by atoms with van der Waals surface area (Å²) in [6.45, 7) is 2.00. The molecule has 2 rings (SSSR count). The highest BCUT2D eigenvalue weighted by atomic mass is 16.3. The molecule has 0 bridgehead atoms. The average Bonchev–Trinajstić information content (AvgIpc) is 2.58. The van der Waals surface area contributed by atoms with E-state index in [1.54, 1.807) is 0 Å². The smallest absolute Gasteiger partial charge is 0.0608 e. The third kappa shape index (κ3) is 2.39. The second-order valence-electron chi connectivity index (χ2n) is 5.06. The van der Waals surface area contributed by atoms with Crippen LogP contribution in [0.4, 0.5) is 0 Å². The van der Waals surface area contributed by atoms with Crippen LogP contribution in [0.2, 0.25) is 0 Å². The SMILES string of the molecule is CC(N)(CO)CC1Cc2ccccc2C1. The Balaban J connectivity index is 2.02. The highest BCUT2D eigenvalue weighted by Crippen LogP contribution is 2.31. The molecule has 0 aliphatic heterocycles. The summed E-state index contributed by atoms with van der Waals surface area (Å²) in [5, 5.41) is 9.15. The minimum atomic E-state index is -0.424. The van der Waals surface area contributed by atoms with Crippen molar-refractivity contribution in [3.05, 3.63) is 35.4 Å². The van der Waals surface area contributed by atoms with Crippen LogP contribution in [0.25, 0.3) is 0 Å². The van der Waals surface area contributed by atoms with E-state index in [4.69, 9.17) is 10.8 Å². The fourth-order valence-electron chi connectivity index (χ4n) is 2.52. The third-order valence-electron chi connectivity index (χ3n) is 3.25. The Morgan fingerprint density at radius 3 is 2.33 bits per heavy atom. The van der Waals surface area contributed by atoms with Crippen molar-refractivity contribution in [3.8, 4) is 0 Å². The van der Waals surface area contributed by atoms with Crippen molar-refractivity contribution in [2.24, 2.45) is 11.7 Å². The maximum absolute atomic E-state index is 9.15. The van der Waals surface area contributed by atoms with Crippen LogP contribution in [0.3, 0.4) is 0 Å². The van der Waals surface area contributed by atoms with Gasteiger partial charge in [0, 0.05) is 5.54 Å². The summed E-state index contributed by atoms with van der Waals surface area (Å²) in [5.74, 6) is 0.601. The fraction of sp³-hybridized carbons (Fsp3) is 0.538. The molecule has 1 aromatic carbocycles. The van der Waals surface area contributed by atoms with Gasteiger partial charge < -0.3 is 10.8 Å². The van der Waals surface area contributed by atoms with Gasteiger partial charge in [0.05, 0.1) is 6.61 Å². The standard InChI is InChI=1S/C13H19NO/c1-13(14,9-15)8-10-6-11-4-2-3-5-12(11)7-10/h2-5,10,15H,6-9,14H2,1H3. The number of nitrogens with two attached hydrogens (primary N) is 1. The molecule has 1 aliphatic carbocycles. The zero-order valence-electron chi connectivity index (χ0n) is 9.24. The van der Waals surface area contributed by atoms with Gasteiger partial charge in [-0.15, -0.1) is 0 Å². The second-order valence-corrected chi connectivity index (χ2v) is 5.06. The summed E-state index contributed by atoms with van der Waals surface area (Å²) in [7, 11) is 0. The van der Waals surface area contributed by atoms with Gasteiger partial charge in [-0.1, -0.05) is 24.3 Å². The first-order valence-corrected chi connectivity index (χ1v) is 5.57. The van der Waals surface area contributed by atoms with Gasteiger partial charge in [0.15, 0.2) is 0 Å². The molecule has 15 heavy (non-hydrogen) atoms. The molecule has 0 aromatic heterocycles. The highest BCUT2D eigenvalue weighted by Gasteiger charge is 2.27. The van der Waals surface area contributed by atoms with Gasteiger partial charge in [-0.2, -0.15) is 0 Å². The second kappa shape index (κ2) is 3.95. The lowest BCUT2D eigenvalue weighted by Crippen LogP contribution is -2.42. The van der Waals surface area contributed by atoms with Crippen molar-refractivity contribution in [1.82, 2.24) is 0 Å². The van der Waals surface area contributed by atoms with Crippen molar-refractivity contribution in [3.63, 3.8) is 0 Å². The summed E-state index contributed by atoms with van der Waals surface area (Å²) < 4.78 is 0. The van der Waals surface area contributed by atoms with Crippen LogP contribution in [0, 0.1) is 5.92 Å². The van der Waals surface area contributed by atoms with Crippen molar-refractivity contribution in [2.75, 3.05) is 6.61 Å². The molecule has 0 heterocycles. The van der Waals surface area contributed by atoms with Crippen LogP contribution >= 0.6 is 0 Å². The summed E-state index contributed by atoms with van der Waals surface area (Å²) in [6.07, 6.45) is 3.13. The van der Waals surface area contributed by atoms with Crippen LogP contribution in [-0.2, 0) is 12.8 Å². The van der Waals surface area contributed by atoms with Crippen LogP contribution in [0.5, 0.6) is 0 Å². The Morgan fingerprint density at radius 1 is 1.33 bits per heavy atom. The van der Waals surface area contributed by atoms with Gasteiger partial charge in [-0.05, 0) is 43.2 Å². The topological polar surface area (TPSA) is 46.2 Å². The number of hydrogen-bond donors (Lipinski definition) is 2. The summed E-state index contributed by atoms with van der Waals surface area (Å²) >= 11 is 0. The predicted octanol–water partition coefficient (Wildman–Crippen LogP) is 1.50. The molecule has 3 N–H and O–H groups in total. The summed E-state index contributed by atoms with van der Waals surface area (Å²) in [5.41, 5.74) is 8.47. The third-order valence-corrected chi connectivity index (χ3v) is 3.25. The monoisotopic (exact) mass is 205 g/mol. The van der Waals surface area contributed by atoms with E-state index in [0.717, 1.165) is 19.3 Å². The summed E-state index contributed by atoms with van der Waals surface area (Å²) in [6, 6.07) is 8.58. The Hall–Kier alpha value is -0.860. The highest BCUT2D eigenvalue weighted by molar-refractivity contribution is 5.32. The number of aliphatic hydroxyl groups excluding tert-OH is 1. The molecule has 0 saturated carbocycles. The quantitative estimate of drug-likeness (QED) is 0.785. The zero-order chi connectivity index (χ0) is 10.9. The lowest BCUT2D eigenvalue weighted by Gasteiger charge is -2.25. The normalized spacial score (nSPS) is 19.9. The molecule has 0 fully saturated rings. The van der Waals surface area contributed by atoms with Crippen LogP contribution in [0.1, 0.15) is 24.5 Å². The largest absolute Gasteiger partial charge is 0.394 e. The van der Waals surface area contributed by atoms with Gasteiger partial charge in [-0.3, -0.25) is 0 Å². The van der Waals surface area contributed by atoms with Gasteiger partial charge in [-0.25, -0.2) is 0 Å². The number of hydrogen-bond acceptors (Lipinski definition) is 2.